The molecule has 0 aromatic rings. The zero-order valence-corrected chi connectivity index (χ0v) is 11.7. The first-order valence-corrected chi connectivity index (χ1v) is 7.59. The van der Waals surface area contributed by atoms with Crippen LogP contribution in [-0.4, -0.2) is 24.0 Å². The summed E-state index contributed by atoms with van der Waals surface area (Å²) in [6.07, 6.45) is 9.28. The molecule has 3 heteroatoms. The molecular weight excluding hydrogens is 224 g/mol. The average molecular weight is 250 g/mol. The molecule has 4 aliphatic carbocycles. The Kier molecular flexibility index (Phi) is 2.92. The van der Waals surface area contributed by atoms with Crippen molar-refractivity contribution in [1.29, 1.82) is 0 Å². The second-order valence-corrected chi connectivity index (χ2v) is 7.07. The van der Waals surface area contributed by atoms with Crippen LogP contribution in [0.3, 0.4) is 0 Å². The molecule has 4 aliphatic rings. The first kappa shape index (κ1) is 12.5. The molecule has 2 unspecified atom stereocenters. The Bertz CT molecular complexity index is 338. The summed E-state index contributed by atoms with van der Waals surface area (Å²) < 4.78 is 0. The van der Waals surface area contributed by atoms with Crippen LogP contribution in [0.2, 0.25) is 0 Å². The van der Waals surface area contributed by atoms with Gasteiger partial charge in [-0.05, 0) is 63.8 Å². The van der Waals surface area contributed by atoms with Gasteiger partial charge >= 0.3 is 0 Å². The molecule has 2 N–H and O–H groups in total. The second kappa shape index (κ2) is 4.22. The molecule has 0 spiro atoms. The Labute approximate surface area is 110 Å². The van der Waals surface area contributed by atoms with Crippen molar-refractivity contribution >= 4 is 5.91 Å². The normalized spacial score (nSPS) is 45.2. The van der Waals surface area contributed by atoms with Crippen molar-refractivity contribution in [2.45, 2.75) is 69.4 Å². The van der Waals surface area contributed by atoms with Gasteiger partial charge in [-0.3, -0.25) is 4.79 Å². The molecule has 3 nitrogen and oxygen atoms in total. The topological polar surface area (TPSA) is 41.1 Å². The number of carbonyl (C=O) groups excluding carboxylic acids is 1. The van der Waals surface area contributed by atoms with Crippen LogP contribution in [0, 0.1) is 11.8 Å². The number of hydrogen-bond donors (Lipinski definition) is 2. The largest absolute Gasteiger partial charge is 0.351 e. The Balaban J connectivity index is 1.78. The van der Waals surface area contributed by atoms with Crippen molar-refractivity contribution in [3.05, 3.63) is 0 Å². The summed E-state index contributed by atoms with van der Waals surface area (Å²) in [6, 6.07) is 0. The molecule has 4 fully saturated rings. The van der Waals surface area contributed by atoms with E-state index in [1.54, 1.807) is 0 Å². The lowest BCUT2D eigenvalue weighted by molar-refractivity contribution is -0.128. The SMILES string of the molecule is CCCC(=O)NC12CC3CC(CC(NC)(C3)C1)C2. The summed E-state index contributed by atoms with van der Waals surface area (Å²) in [5.41, 5.74) is 0.447. The number of nitrogens with one attached hydrogen (secondary N) is 2. The maximum atomic E-state index is 12.0. The maximum Gasteiger partial charge on any atom is 0.220 e. The molecule has 0 heterocycles. The average Bonchev–Trinajstić information content (AvgIpc) is 2.26. The third kappa shape index (κ3) is 1.97. The van der Waals surface area contributed by atoms with Gasteiger partial charge in [0.05, 0.1) is 0 Å². The quantitative estimate of drug-likeness (QED) is 0.803. The smallest absolute Gasteiger partial charge is 0.220 e. The van der Waals surface area contributed by atoms with Gasteiger partial charge in [-0.25, -0.2) is 0 Å². The lowest BCUT2D eigenvalue weighted by Crippen LogP contribution is -2.68. The highest BCUT2D eigenvalue weighted by atomic mass is 16.1. The van der Waals surface area contributed by atoms with Crippen molar-refractivity contribution < 1.29 is 4.79 Å². The van der Waals surface area contributed by atoms with Crippen LogP contribution < -0.4 is 10.6 Å². The Morgan fingerprint density at radius 2 is 1.78 bits per heavy atom. The van der Waals surface area contributed by atoms with Crippen molar-refractivity contribution in [2.75, 3.05) is 7.05 Å². The van der Waals surface area contributed by atoms with Crippen LogP contribution in [0.1, 0.15) is 58.3 Å². The minimum absolute atomic E-state index is 0.124. The molecule has 0 saturated heterocycles. The fourth-order valence-electron chi connectivity index (χ4n) is 5.29. The molecule has 4 saturated carbocycles. The molecule has 0 radical (unpaired) electrons. The number of hydrogen-bond acceptors (Lipinski definition) is 2. The Hall–Kier alpha value is -0.570. The predicted molar refractivity (Wildman–Crippen MR) is 72.3 cm³/mol. The molecule has 4 bridgehead atoms. The maximum absolute atomic E-state index is 12.0. The van der Waals surface area contributed by atoms with E-state index in [1.807, 2.05) is 0 Å². The van der Waals surface area contributed by atoms with E-state index in [0.29, 0.717) is 12.0 Å². The second-order valence-electron chi connectivity index (χ2n) is 7.07. The molecular formula is C15H26N2O. The van der Waals surface area contributed by atoms with E-state index in [-0.39, 0.29) is 11.4 Å². The molecule has 102 valence electrons. The molecule has 1 amide bonds. The third-order valence-electron chi connectivity index (χ3n) is 5.47. The van der Waals surface area contributed by atoms with E-state index in [4.69, 9.17) is 0 Å². The highest BCUT2D eigenvalue weighted by molar-refractivity contribution is 5.76. The van der Waals surface area contributed by atoms with Crippen LogP contribution in [0.4, 0.5) is 0 Å². The number of carbonyl (C=O) groups is 1. The van der Waals surface area contributed by atoms with E-state index in [1.165, 1.54) is 32.1 Å². The fraction of sp³-hybridized carbons (Fsp3) is 0.933. The summed E-state index contributed by atoms with van der Waals surface area (Å²) in [7, 11) is 2.11. The molecule has 0 aliphatic heterocycles. The van der Waals surface area contributed by atoms with Crippen LogP contribution in [0.5, 0.6) is 0 Å². The zero-order chi connectivity index (χ0) is 12.8. The van der Waals surface area contributed by atoms with Gasteiger partial charge in [-0.1, -0.05) is 6.92 Å². The van der Waals surface area contributed by atoms with E-state index in [0.717, 1.165) is 24.7 Å². The first-order valence-electron chi connectivity index (χ1n) is 7.59. The minimum atomic E-state index is 0.124. The van der Waals surface area contributed by atoms with E-state index in [9.17, 15) is 4.79 Å². The van der Waals surface area contributed by atoms with Gasteiger partial charge in [-0.15, -0.1) is 0 Å². The minimum Gasteiger partial charge on any atom is -0.351 e. The van der Waals surface area contributed by atoms with Gasteiger partial charge in [0.2, 0.25) is 5.91 Å². The summed E-state index contributed by atoms with van der Waals surface area (Å²) in [6.45, 7) is 2.08. The standard InChI is InChI=1S/C15H26N2O/c1-3-4-13(18)17-15-8-11-5-12(9-15)7-14(6-11,10-15)16-2/h11-12,16H,3-10H2,1-2H3,(H,17,18). The van der Waals surface area contributed by atoms with E-state index >= 15 is 0 Å². The lowest BCUT2D eigenvalue weighted by atomic mass is 9.50. The van der Waals surface area contributed by atoms with Gasteiger partial charge in [0, 0.05) is 17.5 Å². The van der Waals surface area contributed by atoms with Crippen molar-refractivity contribution in [3.8, 4) is 0 Å². The van der Waals surface area contributed by atoms with Crippen LogP contribution in [0.15, 0.2) is 0 Å². The molecule has 18 heavy (non-hydrogen) atoms. The van der Waals surface area contributed by atoms with Crippen molar-refractivity contribution in [1.82, 2.24) is 10.6 Å². The van der Waals surface area contributed by atoms with E-state index in [2.05, 4.69) is 24.6 Å². The van der Waals surface area contributed by atoms with Crippen LogP contribution in [-0.2, 0) is 4.79 Å². The summed E-state index contributed by atoms with van der Waals surface area (Å²) in [5.74, 6) is 1.94. The molecule has 0 aromatic heterocycles. The lowest BCUT2D eigenvalue weighted by Gasteiger charge is -2.62. The van der Waals surface area contributed by atoms with Crippen LogP contribution >= 0.6 is 0 Å². The van der Waals surface area contributed by atoms with E-state index < -0.39 is 0 Å². The van der Waals surface area contributed by atoms with Crippen molar-refractivity contribution in [3.63, 3.8) is 0 Å². The molecule has 0 aromatic carbocycles. The number of rotatable bonds is 4. The van der Waals surface area contributed by atoms with Gasteiger partial charge in [0.15, 0.2) is 0 Å². The molecule has 2 atom stereocenters. The summed E-state index contributed by atoms with van der Waals surface area (Å²) >= 11 is 0. The third-order valence-corrected chi connectivity index (χ3v) is 5.47. The van der Waals surface area contributed by atoms with Crippen LogP contribution in [0.25, 0.3) is 0 Å². The predicted octanol–water partition coefficient (Wildman–Crippen LogP) is 2.21. The zero-order valence-electron chi connectivity index (χ0n) is 11.7. The first-order chi connectivity index (χ1) is 8.59. The highest BCUT2D eigenvalue weighted by Crippen LogP contribution is 2.57. The summed E-state index contributed by atoms with van der Waals surface area (Å²) in [4.78, 5) is 12.0. The van der Waals surface area contributed by atoms with Gasteiger partial charge in [0.1, 0.15) is 0 Å². The van der Waals surface area contributed by atoms with Gasteiger partial charge in [0.25, 0.3) is 0 Å². The highest BCUT2D eigenvalue weighted by Gasteiger charge is 2.57. The molecule has 4 rings (SSSR count). The van der Waals surface area contributed by atoms with Gasteiger partial charge < -0.3 is 10.6 Å². The monoisotopic (exact) mass is 250 g/mol. The Morgan fingerprint density at radius 1 is 1.17 bits per heavy atom. The summed E-state index contributed by atoms with van der Waals surface area (Å²) in [5, 5.41) is 6.99. The van der Waals surface area contributed by atoms with Crippen molar-refractivity contribution in [2.24, 2.45) is 11.8 Å². The Morgan fingerprint density at radius 3 is 2.33 bits per heavy atom. The number of amides is 1. The van der Waals surface area contributed by atoms with Gasteiger partial charge in [-0.2, -0.15) is 0 Å². The fourth-order valence-corrected chi connectivity index (χ4v) is 5.29.